The maximum Gasteiger partial charge on any atom is 0.203 e. The highest BCUT2D eigenvalue weighted by Gasteiger charge is 2.19. The van der Waals surface area contributed by atoms with Gasteiger partial charge in [-0.1, -0.05) is 18.2 Å². The van der Waals surface area contributed by atoms with Gasteiger partial charge in [-0.15, -0.1) is 0 Å². The zero-order valence-electron chi connectivity index (χ0n) is 20.2. The predicted octanol–water partition coefficient (Wildman–Crippen LogP) is 3.08. The van der Waals surface area contributed by atoms with Crippen molar-refractivity contribution in [1.82, 2.24) is 15.5 Å². The van der Waals surface area contributed by atoms with Crippen LogP contribution in [0.25, 0.3) is 0 Å². The number of nitrogens with one attached hydrogen (secondary N) is 2. The minimum Gasteiger partial charge on any atom is -0.496 e. The third-order valence-electron chi connectivity index (χ3n) is 5.07. The number of guanidine groups is 1. The molecule has 2 aromatic rings. The average molecular weight is 445 g/mol. The minimum atomic E-state index is 0.108. The van der Waals surface area contributed by atoms with Crippen LogP contribution >= 0.6 is 0 Å². The van der Waals surface area contributed by atoms with Gasteiger partial charge >= 0.3 is 0 Å². The summed E-state index contributed by atoms with van der Waals surface area (Å²) in [6.45, 7) is 3.91. The van der Waals surface area contributed by atoms with Crippen molar-refractivity contribution in [2.75, 3.05) is 55.6 Å². The van der Waals surface area contributed by atoms with Gasteiger partial charge in [0, 0.05) is 18.7 Å². The number of rotatable bonds is 11. The number of likely N-dealkylation sites (N-methyl/N-ethyl adjacent to an activating group) is 1. The molecule has 0 amide bonds. The second kappa shape index (κ2) is 12.7. The van der Waals surface area contributed by atoms with Crippen LogP contribution in [0.3, 0.4) is 0 Å². The van der Waals surface area contributed by atoms with Crippen molar-refractivity contribution in [3.8, 4) is 23.0 Å². The first kappa shape index (κ1) is 25.1. The van der Waals surface area contributed by atoms with E-state index in [9.17, 15) is 0 Å². The number of aliphatic imine (C=N–C) groups is 1. The van der Waals surface area contributed by atoms with Crippen molar-refractivity contribution < 1.29 is 18.9 Å². The van der Waals surface area contributed by atoms with E-state index >= 15 is 0 Å². The first-order chi connectivity index (χ1) is 15.5. The summed E-state index contributed by atoms with van der Waals surface area (Å²) in [4.78, 5) is 6.91. The molecule has 1 unspecified atom stereocenters. The smallest absolute Gasteiger partial charge is 0.203 e. The molecule has 0 aliphatic carbocycles. The first-order valence-corrected chi connectivity index (χ1v) is 10.6. The molecule has 0 spiro atoms. The van der Waals surface area contributed by atoms with Crippen molar-refractivity contribution in [2.24, 2.45) is 4.99 Å². The third-order valence-corrected chi connectivity index (χ3v) is 5.07. The highest BCUT2D eigenvalue weighted by atomic mass is 16.5. The zero-order chi connectivity index (χ0) is 23.5. The van der Waals surface area contributed by atoms with E-state index in [1.54, 1.807) is 28.4 Å². The van der Waals surface area contributed by atoms with Crippen LogP contribution in [0.15, 0.2) is 41.4 Å². The number of methoxy groups -OCH3 is 4. The molecule has 0 fully saturated rings. The molecule has 0 aliphatic rings. The number of nitrogens with zero attached hydrogens (tertiary/aromatic N) is 2. The van der Waals surface area contributed by atoms with E-state index in [-0.39, 0.29) is 6.04 Å². The maximum atomic E-state index is 5.56. The molecule has 0 bridgehead atoms. The summed E-state index contributed by atoms with van der Waals surface area (Å²) in [6.07, 6.45) is 0. The molecule has 0 heterocycles. The lowest BCUT2D eigenvalue weighted by Gasteiger charge is -2.27. The molecule has 2 N–H and O–H groups in total. The zero-order valence-corrected chi connectivity index (χ0v) is 20.2. The van der Waals surface area contributed by atoms with Crippen LogP contribution in [0.1, 0.15) is 24.1 Å². The second-order valence-electron chi connectivity index (χ2n) is 7.33. The predicted molar refractivity (Wildman–Crippen MR) is 128 cm³/mol. The van der Waals surface area contributed by atoms with E-state index < -0.39 is 0 Å². The molecule has 32 heavy (non-hydrogen) atoms. The Morgan fingerprint density at radius 3 is 2.06 bits per heavy atom. The molecule has 2 rings (SSSR count). The molecule has 2 aromatic carbocycles. The second-order valence-corrected chi connectivity index (χ2v) is 7.33. The molecule has 0 saturated carbocycles. The lowest BCUT2D eigenvalue weighted by atomic mass is 10.0. The van der Waals surface area contributed by atoms with Crippen LogP contribution in [-0.2, 0) is 6.54 Å². The quantitative estimate of drug-likeness (QED) is 0.407. The average Bonchev–Trinajstić information content (AvgIpc) is 2.81. The van der Waals surface area contributed by atoms with Gasteiger partial charge in [0.15, 0.2) is 17.5 Å². The fourth-order valence-corrected chi connectivity index (χ4v) is 3.44. The number of ether oxygens (including phenoxy) is 4. The molecule has 176 valence electrons. The molecular formula is C24H36N4O4. The summed E-state index contributed by atoms with van der Waals surface area (Å²) in [5.41, 5.74) is 2.07. The molecule has 8 heteroatoms. The van der Waals surface area contributed by atoms with Crippen LogP contribution in [-0.4, -0.2) is 66.5 Å². The van der Waals surface area contributed by atoms with Gasteiger partial charge in [0.05, 0.1) is 41.0 Å². The fraction of sp³-hybridized carbons (Fsp3) is 0.458. The van der Waals surface area contributed by atoms with Crippen molar-refractivity contribution >= 4 is 5.96 Å². The molecule has 0 radical (unpaired) electrons. The maximum absolute atomic E-state index is 5.56. The Kier molecular flexibility index (Phi) is 9.94. The minimum absolute atomic E-state index is 0.108. The molecular weight excluding hydrogens is 408 g/mol. The Morgan fingerprint density at radius 1 is 0.906 bits per heavy atom. The van der Waals surface area contributed by atoms with Gasteiger partial charge in [-0.3, -0.25) is 0 Å². The van der Waals surface area contributed by atoms with E-state index in [4.69, 9.17) is 23.9 Å². The van der Waals surface area contributed by atoms with Gasteiger partial charge in [0.1, 0.15) is 5.75 Å². The Morgan fingerprint density at radius 2 is 1.53 bits per heavy atom. The normalized spacial score (nSPS) is 12.3. The molecule has 0 saturated heterocycles. The van der Waals surface area contributed by atoms with Gasteiger partial charge in [-0.05, 0) is 44.8 Å². The Labute approximate surface area is 191 Å². The van der Waals surface area contributed by atoms with Crippen molar-refractivity contribution in [3.63, 3.8) is 0 Å². The lowest BCUT2D eigenvalue weighted by Crippen LogP contribution is -2.41. The van der Waals surface area contributed by atoms with Crippen LogP contribution in [0.5, 0.6) is 23.0 Å². The van der Waals surface area contributed by atoms with Gasteiger partial charge < -0.3 is 34.5 Å². The van der Waals surface area contributed by atoms with E-state index in [0.717, 1.165) is 29.4 Å². The van der Waals surface area contributed by atoms with Gasteiger partial charge in [0.2, 0.25) is 5.75 Å². The number of benzene rings is 2. The Bertz CT molecular complexity index is 861. The van der Waals surface area contributed by atoms with E-state index in [2.05, 4.69) is 35.7 Å². The van der Waals surface area contributed by atoms with Crippen LogP contribution in [0.4, 0.5) is 0 Å². The monoisotopic (exact) mass is 444 g/mol. The van der Waals surface area contributed by atoms with Crippen molar-refractivity contribution in [1.29, 1.82) is 0 Å². The molecule has 0 aromatic heterocycles. The summed E-state index contributed by atoms with van der Waals surface area (Å²) in [7, 11) is 10.6. The summed E-state index contributed by atoms with van der Waals surface area (Å²) in [6, 6.07) is 12.0. The Balaban J connectivity index is 2.21. The summed E-state index contributed by atoms with van der Waals surface area (Å²) in [5, 5.41) is 6.77. The largest absolute Gasteiger partial charge is 0.496 e. The molecule has 0 aliphatic heterocycles. The third kappa shape index (κ3) is 6.43. The van der Waals surface area contributed by atoms with Gasteiger partial charge in [0.25, 0.3) is 0 Å². The standard InChI is InChI=1S/C24H36N4O4/c1-8-25-24(26-15-17-13-21(30-5)23(32-7)22(14-17)31-6)27-16-19(28(2)3)18-11-9-10-12-20(18)29-4/h9-14,19H,8,15-16H2,1-7H3,(H2,25,26,27). The highest BCUT2D eigenvalue weighted by Crippen LogP contribution is 2.38. The number of hydrogen-bond acceptors (Lipinski definition) is 6. The topological polar surface area (TPSA) is 76.6 Å². The van der Waals surface area contributed by atoms with Crippen LogP contribution < -0.4 is 29.6 Å². The highest BCUT2D eigenvalue weighted by molar-refractivity contribution is 5.79. The molecule has 1 atom stereocenters. The molecule has 8 nitrogen and oxygen atoms in total. The van der Waals surface area contributed by atoms with Crippen molar-refractivity contribution in [2.45, 2.75) is 19.5 Å². The lowest BCUT2D eigenvalue weighted by molar-refractivity contribution is 0.287. The van der Waals surface area contributed by atoms with Gasteiger partial charge in [-0.2, -0.15) is 0 Å². The van der Waals surface area contributed by atoms with E-state index in [1.807, 2.05) is 37.3 Å². The van der Waals surface area contributed by atoms with Gasteiger partial charge in [-0.25, -0.2) is 4.99 Å². The number of hydrogen-bond donors (Lipinski definition) is 2. The van der Waals surface area contributed by atoms with E-state index in [0.29, 0.717) is 30.3 Å². The number of para-hydroxylation sites is 1. The summed E-state index contributed by atoms with van der Waals surface area (Å²) < 4.78 is 21.9. The Hall–Kier alpha value is -3.13. The summed E-state index contributed by atoms with van der Waals surface area (Å²) >= 11 is 0. The fourth-order valence-electron chi connectivity index (χ4n) is 3.44. The van der Waals surface area contributed by atoms with Crippen molar-refractivity contribution in [3.05, 3.63) is 47.5 Å². The SMILES string of the molecule is CCNC(=NCc1cc(OC)c(OC)c(OC)c1)NCC(c1ccccc1OC)N(C)C. The summed E-state index contributed by atoms with van der Waals surface area (Å²) in [5.74, 6) is 3.38. The van der Waals surface area contributed by atoms with E-state index in [1.165, 1.54) is 0 Å². The van der Waals surface area contributed by atoms with Crippen LogP contribution in [0, 0.1) is 0 Å². The van der Waals surface area contributed by atoms with Crippen LogP contribution in [0.2, 0.25) is 0 Å². The first-order valence-electron chi connectivity index (χ1n) is 10.6.